The van der Waals surface area contributed by atoms with Crippen LogP contribution in [0.4, 0.5) is 45.1 Å². The number of ether oxygens (including phenoxy) is 2. The van der Waals surface area contributed by atoms with Gasteiger partial charge in [-0.15, -0.1) is 0 Å². The lowest BCUT2D eigenvalue weighted by Gasteiger charge is -2.22. The maximum Gasteiger partial charge on any atom is 0.320 e. The molecular weight excluding hydrogens is 989 g/mol. The molecule has 0 fully saturated rings. The summed E-state index contributed by atoms with van der Waals surface area (Å²) in [6.45, 7) is 5.63. The highest BCUT2D eigenvalue weighted by atomic mass is 35.5. The quantitative estimate of drug-likeness (QED) is 0.115. The summed E-state index contributed by atoms with van der Waals surface area (Å²) in [5.41, 5.74) is 6.72. The SMILES string of the molecule is CC(=O)N1CN(C(=O)CC(C)(C)O)c2ccc(Cn3ccc(OCc4ccc(F)cc4F)c(Cl)c3=O)cc21.CC(=O)N1CN(C(N)=O)c2ccc(Cn3ccc(OCc4ccc(F)cc4F)c(Cl)c3=O)cc21. The van der Waals surface area contributed by atoms with Crippen molar-refractivity contribution in [2.24, 2.45) is 5.73 Å². The molecule has 2 aromatic heterocycles. The van der Waals surface area contributed by atoms with E-state index in [9.17, 15) is 51.4 Å². The number of fused-ring (bicyclic) bond motifs is 2. The Labute approximate surface area is 418 Å². The molecule has 4 heterocycles. The maximum atomic E-state index is 13.9. The number of primary amides is 1. The number of aliphatic hydroxyl groups is 1. The van der Waals surface area contributed by atoms with Crippen molar-refractivity contribution in [3.8, 4) is 11.5 Å². The average Bonchev–Trinajstić information content (AvgIpc) is 3.89. The summed E-state index contributed by atoms with van der Waals surface area (Å²) in [6.07, 6.45) is 2.83. The van der Waals surface area contributed by atoms with Crippen LogP contribution in [0, 0.1) is 23.3 Å². The molecule has 6 aromatic rings. The number of aromatic nitrogens is 2. The summed E-state index contributed by atoms with van der Waals surface area (Å²) in [7, 11) is 0. The Morgan fingerprint density at radius 2 is 1.03 bits per heavy atom. The van der Waals surface area contributed by atoms with E-state index in [2.05, 4.69) is 0 Å². The highest BCUT2D eigenvalue weighted by molar-refractivity contribution is 6.32. The Bertz CT molecular complexity index is 3260. The third-order valence-corrected chi connectivity index (χ3v) is 12.1. The molecule has 0 unspecified atom stereocenters. The van der Waals surface area contributed by atoms with Gasteiger partial charge in [0, 0.05) is 49.5 Å². The minimum Gasteiger partial charge on any atom is -0.487 e. The van der Waals surface area contributed by atoms with Crippen LogP contribution in [0.25, 0.3) is 0 Å². The van der Waals surface area contributed by atoms with Gasteiger partial charge in [0.2, 0.25) is 17.7 Å². The molecule has 2 aliphatic heterocycles. The highest BCUT2D eigenvalue weighted by Gasteiger charge is 2.35. The Balaban J connectivity index is 0.000000213. The van der Waals surface area contributed by atoms with Gasteiger partial charge in [0.25, 0.3) is 11.1 Å². The minimum absolute atomic E-state index is 0.00984. The van der Waals surface area contributed by atoms with E-state index < -0.39 is 46.0 Å². The molecule has 4 aromatic carbocycles. The number of amides is 5. The predicted octanol–water partition coefficient (Wildman–Crippen LogP) is 7.84. The molecule has 3 N–H and O–H groups in total. The Morgan fingerprint density at radius 3 is 1.42 bits per heavy atom. The third kappa shape index (κ3) is 11.7. The number of anilines is 4. The summed E-state index contributed by atoms with van der Waals surface area (Å²) in [5.74, 6) is -3.70. The van der Waals surface area contributed by atoms with Crippen LogP contribution in [0.1, 0.15) is 56.4 Å². The molecule has 376 valence electrons. The van der Waals surface area contributed by atoms with Gasteiger partial charge in [-0.1, -0.05) is 35.3 Å². The molecule has 0 radical (unpaired) electrons. The van der Waals surface area contributed by atoms with Gasteiger partial charge >= 0.3 is 6.03 Å². The van der Waals surface area contributed by atoms with E-state index in [1.807, 2.05) is 0 Å². The first-order valence-electron chi connectivity index (χ1n) is 21.8. The van der Waals surface area contributed by atoms with Crippen molar-refractivity contribution in [3.05, 3.63) is 174 Å². The van der Waals surface area contributed by atoms with E-state index in [0.29, 0.717) is 33.9 Å². The van der Waals surface area contributed by atoms with E-state index in [1.165, 1.54) is 93.1 Å². The fraction of sp³-hybridized carbons (Fsp3) is 0.240. The standard InChI is InChI=1S/C27H26ClF2N3O5.C23H19ClF2N4O4/c1-16(34)32-15-33(24(35)12-27(2,3)37)21-7-4-17(10-22(21)32)13-31-9-8-23(25(28)26(31)36)38-14-18-5-6-19(29)11-20(18)30;1-13(31)29-12-30(23(27)33)18-5-2-14(8-19(18)29)10-28-7-6-20(21(24)22(28)32)34-11-15-3-4-16(25)9-17(15)26/h4-11,37H,12-15H2,1-3H3;2-9H,10-12H2,1H3,(H2,27,33). The van der Waals surface area contributed by atoms with Gasteiger partial charge in [-0.3, -0.25) is 43.6 Å². The molecule has 0 atom stereocenters. The number of carbonyl (C=O) groups is 4. The van der Waals surface area contributed by atoms with Crippen LogP contribution in [0.3, 0.4) is 0 Å². The number of carbonyl (C=O) groups excluding carboxylic acids is 4. The summed E-state index contributed by atoms with van der Waals surface area (Å²) in [5, 5.41) is 9.65. The van der Waals surface area contributed by atoms with Crippen LogP contribution in [-0.4, -0.2) is 56.9 Å². The van der Waals surface area contributed by atoms with Gasteiger partial charge < -0.3 is 29.4 Å². The molecule has 2 aliphatic rings. The summed E-state index contributed by atoms with van der Waals surface area (Å²) >= 11 is 12.4. The molecule has 5 amide bonds. The number of halogens is 6. The first-order valence-corrected chi connectivity index (χ1v) is 22.6. The van der Waals surface area contributed by atoms with Crippen molar-refractivity contribution in [3.63, 3.8) is 0 Å². The second-order valence-corrected chi connectivity index (χ2v) is 18.1. The normalized spacial score (nSPS) is 12.8. The molecule has 0 aliphatic carbocycles. The molecule has 22 heteroatoms. The largest absolute Gasteiger partial charge is 0.487 e. The number of benzene rings is 4. The van der Waals surface area contributed by atoms with Crippen LogP contribution in [-0.2, 0) is 40.7 Å². The third-order valence-electron chi connectivity index (χ3n) is 11.4. The van der Waals surface area contributed by atoms with E-state index in [1.54, 1.807) is 36.4 Å². The average molecular weight is 1030 g/mol. The molecule has 0 bridgehead atoms. The van der Waals surface area contributed by atoms with Gasteiger partial charge in [-0.05, 0) is 85.6 Å². The Kier molecular flexibility index (Phi) is 15.5. The number of pyridine rings is 2. The number of hydrogen-bond donors (Lipinski definition) is 2. The Hall–Kier alpha value is -7.68. The summed E-state index contributed by atoms with van der Waals surface area (Å²) < 4.78 is 67.5. The highest BCUT2D eigenvalue weighted by Crippen LogP contribution is 2.39. The summed E-state index contributed by atoms with van der Waals surface area (Å²) in [4.78, 5) is 80.0. The molecule has 72 heavy (non-hydrogen) atoms. The lowest BCUT2D eigenvalue weighted by molar-refractivity contribution is -0.122. The van der Waals surface area contributed by atoms with Crippen molar-refractivity contribution >= 4 is 69.7 Å². The van der Waals surface area contributed by atoms with Gasteiger partial charge in [-0.2, -0.15) is 0 Å². The molecule has 0 spiro atoms. The van der Waals surface area contributed by atoms with Crippen molar-refractivity contribution in [1.29, 1.82) is 0 Å². The van der Waals surface area contributed by atoms with Crippen LogP contribution < -0.4 is 45.9 Å². The smallest absolute Gasteiger partial charge is 0.320 e. The van der Waals surface area contributed by atoms with Crippen molar-refractivity contribution in [2.45, 2.75) is 66.0 Å². The first-order chi connectivity index (χ1) is 34.0. The van der Waals surface area contributed by atoms with E-state index in [-0.39, 0.29) is 96.5 Å². The maximum absolute atomic E-state index is 13.9. The zero-order valence-electron chi connectivity index (χ0n) is 38.9. The Morgan fingerprint density at radius 1 is 0.611 bits per heavy atom. The van der Waals surface area contributed by atoms with Crippen molar-refractivity contribution < 1.29 is 51.3 Å². The fourth-order valence-corrected chi connectivity index (χ4v) is 8.18. The monoisotopic (exact) mass is 1030 g/mol. The zero-order chi connectivity index (χ0) is 52.3. The molecule has 8 rings (SSSR count). The zero-order valence-corrected chi connectivity index (χ0v) is 40.4. The number of nitrogens with two attached hydrogens (primary N) is 1. The molecule has 16 nitrogen and oxygen atoms in total. The van der Waals surface area contributed by atoms with Gasteiger partial charge in [0.15, 0.2) is 0 Å². The van der Waals surface area contributed by atoms with Crippen molar-refractivity contribution in [1.82, 2.24) is 9.13 Å². The first kappa shape index (κ1) is 52.2. The number of nitrogens with zero attached hydrogens (tertiary/aromatic N) is 6. The number of urea groups is 1. The van der Waals surface area contributed by atoms with Crippen LogP contribution in [0.2, 0.25) is 10.0 Å². The lowest BCUT2D eigenvalue weighted by atomic mass is 10.0. The second-order valence-electron chi connectivity index (χ2n) is 17.3. The van der Waals surface area contributed by atoms with Crippen molar-refractivity contribution in [2.75, 3.05) is 32.9 Å². The van der Waals surface area contributed by atoms with Gasteiger partial charge in [0.1, 0.15) is 71.4 Å². The van der Waals surface area contributed by atoms with Crippen LogP contribution in [0.15, 0.2) is 107 Å². The molecular formula is C50H45Cl2F4N7O9. The topological polar surface area (TPSA) is 190 Å². The predicted molar refractivity (Wildman–Crippen MR) is 260 cm³/mol. The van der Waals surface area contributed by atoms with E-state index in [4.69, 9.17) is 38.4 Å². The van der Waals surface area contributed by atoms with Crippen LogP contribution >= 0.6 is 23.2 Å². The lowest BCUT2D eigenvalue weighted by Crippen LogP contribution is -2.40. The van der Waals surface area contributed by atoms with Gasteiger partial charge in [-0.25, -0.2) is 22.4 Å². The minimum atomic E-state index is -1.20. The second kappa shape index (κ2) is 21.4. The van der Waals surface area contributed by atoms with Crippen LogP contribution in [0.5, 0.6) is 11.5 Å². The van der Waals surface area contributed by atoms with E-state index >= 15 is 0 Å². The van der Waals surface area contributed by atoms with E-state index in [0.717, 1.165) is 24.3 Å². The molecule has 0 saturated carbocycles. The number of rotatable bonds is 12. The fourth-order valence-electron chi connectivity index (χ4n) is 7.73. The van der Waals surface area contributed by atoms with Gasteiger partial charge in [0.05, 0.1) is 47.9 Å². The molecule has 0 saturated heterocycles. The summed E-state index contributed by atoms with van der Waals surface area (Å²) in [6, 6.07) is 18.6. The number of hydrogen-bond acceptors (Lipinski definition) is 9.